The lowest BCUT2D eigenvalue weighted by atomic mass is 10.2. The lowest BCUT2D eigenvalue weighted by molar-refractivity contribution is -0.137. The van der Waals surface area contributed by atoms with Crippen LogP contribution in [0.2, 0.25) is 0 Å². The maximum Gasteiger partial charge on any atom is 0.303 e. The van der Waals surface area contributed by atoms with E-state index < -0.39 is 5.97 Å². The van der Waals surface area contributed by atoms with Gasteiger partial charge in [-0.15, -0.1) is 18.3 Å². The number of hydrogen-bond acceptors (Lipinski definition) is 2. The van der Waals surface area contributed by atoms with Crippen LogP contribution >= 0.6 is 12.4 Å². The zero-order valence-electron chi connectivity index (χ0n) is 8.93. The maximum atomic E-state index is 10.2. The third kappa shape index (κ3) is 6.91. The molecule has 0 saturated carbocycles. The summed E-state index contributed by atoms with van der Waals surface area (Å²) in [5.41, 5.74) is 0. The van der Waals surface area contributed by atoms with Gasteiger partial charge in [-0.05, 0) is 12.8 Å². The molecule has 1 aromatic heterocycles. The molecule has 16 heavy (non-hydrogen) atoms. The first-order chi connectivity index (χ1) is 7.29. The Morgan fingerprint density at radius 2 is 2.19 bits per heavy atom. The highest BCUT2D eigenvalue weighted by Gasteiger charge is 1.94. The summed E-state index contributed by atoms with van der Waals surface area (Å²) in [5, 5.41) is 8.39. The minimum absolute atomic E-state index is 0. The maximum absolute atomic E-state index is 10.2. The Morgan fingerprint density at radius 3 is 2.81 bits per heavy atom. The summed E-state index contributed by atoms with van der Waals surface area (Å²) < 4.78 is 1.89. The van der Waals surface area contributed by atoms with Gasteiger partial charge in [0.25, 0.3) is 0 Å². The predicted octanol–water partition coefficient (Wildman–Crippen LogP) is 1.95. The van der Waals surface area contributed by atoms with Crippen LogP contribution in [-0.2, 0) is 11.3 Å². The summed E-state index contributed by atoms with van der Waals surface area (Å²) in [6, 6.07) is 0. The Kier molecular flexibility index (Phi) is 8.00. The highest BCUT2D eigenvalue weighted by molar-refractivity contribution is 5.85. The second-order valence-electron chi connectivity index (χ2n) is 3.19. The molecule has 0 bridgehead atoms. The van der Waals surface area contributed by atoms with Crippen molar-refractivity contribution in [2.45, 2.75) is 32.2 Å². The van der Waals surface area contributed by atoms with E-state index in [0.717, 1.165) is 12.8 Å². The minimum Gasteiger partial charge on any atom is -0.481 e. The van der Waals surface area contributed by atoms with Crippen molar-refractivity contribution < 1.29 is 9.90 Å². The number of halogens is 1. The van der Waals surface area contributed by atoms with Crippen LogP contribution in [-0.4, -0.2) is 20.6 Å². The van der Waals surface area contributed by atoms with Crippen LogP contribution in [0.1, 0.15) is 25.7 Å². The van der Waals surface area contributed by atoms with Gasteiger partial charge in [-0.25, -0.2) is 4.98 Å². The third-order valence-corrected chi connectivity index (χ3v) is 1.89. The topological polar surface area (TPSA) is 55.1 Å². The summed E-state index contributed by atoms with van der Waals surface area (Å²) in [5.74, 6) is 5.27. The quantitative estimate of drug-likeness (QED) is 0.634. The summed E-state index contributed by atoms with van der Waals surface area (Å²) in [6.07, 6.45) is 7.86. The number of aliphatic carboxylic acids is 1. The second kappa shape index (κ2) is 8.81. The number of rotatable bonds is 5. The average molecular weight is 243 g/mol. The summed E-state index contributed by atoms with van der Waals surface area (Å²) >= 11 is 0. The van der Waals surface area contributed by atoms with E-state index in [2.05, 4.69) is 16.8 Å². The van der Waals surface area contributed by atoms with Crippen molar-refractivity contribution in [2.24, 2.45) is 0 Å². The molecular weight excluding hydrogens is 228 g/mol. The lowest BCUT2D eigenvalue weighted by Crippen LogP contribution is -1.93. The van der Waals surface area contributed by atoms with Crippen LogP contribution in [0.15, 0.2) is 18.7 Å². The SMILES string of the molecule is Cl.O=C(O)CCCCC#CCn1ccnc1. The third-order valence-electron chi connectivity index (χ3n) is 1.89. The van der Waals surface area contributed by atoms with Gasteiger partial charge in [0.05, 0.1) is 12.9 Å². The number of unbranched alkanes of at least 4 members (excludes halogenated alkanes) is 2. The molecule has 88 valence electrons. The Hall–Kier alpha value is -1.47. The van der Waals surface area contributed by atoms with Crippen LogP contribution in [0.5, 0.6) is 0 Å². The molecule has 5 heteroatoms. The Balaban J connectivity index is 0.00000225. The molecule has 1 aromatic rings. The van der Waals surface area contributed by atoms with E-state index in [1.54, 1.807) is 12.5 Å². The average Bonchev–Trinajstić information content (AvgIpc) is 2.68. The van der Waals surface area contributed by atoms with E-state index in [1.807, 2.05) is 10.8 Å². The molecule has 0 aliphatic rings. The molecule has 0 spiro atoms. The van der Waals surface area contributed by atoms with Crippen molar-refractivity contribution in [3.05, 3.63) is 18.7 Å². The molecule has 1 heterocycles. The van der Waals surface area contributed by atoms with Gasteiger partial charge in [-0.1, -0.05) is 5.92 Å². The van der Waals surface area contributed by atoms with Crippen LogP contribution < -0.4 is 0 Å². The largest absolute Gasteiger partial charge is 0.481 e. The van der Waals surface area contributed by atoms with Crippen molar-refractivity contribution in [1.29, 1.82) is 0 Å². The van der Waals surface area contributed by atoms with Gasteiger partial charge in [0.2, 0.25) is 0 Å². The van der Waals surface area contributed by atoms with Gasteiger partial charge < -0.3 is 9.67 Å². The molecule has 0 saturated heterocycles. The molecule has 0 amide bonds. The molecular formula is C11H15ClN2O2. The number of carbonyl (C=O) groups is 1. The number of carboxylic acids is 1. The molecule has 1 N–H and O–H groups in total. The Bertz CT molecular complexity index is 352. The zero-order chi connectivity index (χ0) is 10.9. The van der Waals surface area contributed by atoms with Crippen LogP contribution in [0.25, 0.3) is 0 Å². The monoisotopic (exact) mass is 242 g/mol. The van der Waals surface area contributed by atoms with Crippen LogP contribution in [0, 0.1) is 11.8 Å². The standard InChI is InChI=1S/C11H14N2O2.ClH/c14-11(15)6-4-2-1-3-5-8-13-9-7-12-10-13;/h7,9-10H,1-2,4,6,8H2,(H,14,15);1H. The predicted molar refractivity (Wildman–Crippen MR) is 63.4 cm³/mol. The normalized spacial score (nSPS) is 8.75. The number of nitrogens with zero attached hydrogens (tertiary/aromatic N) is 2. The van der Waals surface area contributed by atoms with Gasteiger partial charge >= 0.3 is 5.97 Å². The van der Waals surface area contributed by atoms with Gasteiger partial charge in [0, 0.05) is 25.2 Å². The first-order valence-electron chi connectivity index (χ1n) is 4.92. The van der Waals surface area contributed by atoms with Crippen molar-refractivity contribution in [2.75, 3.05) is 0 Å². The molecule has 0 fully saturated rings. The minimum atomic E-state index is -0.735. The van der Waals surface area contributed by atoms with E-state index in [9.17, 15) is 4.79 Å². The number of aromatic nitrogens is 2. The van der Waals surface area contributed by atoms with Crippen molar-refractivity contribution in [3.8, 4) is 11.8 Å². The van der Waals surface area contributed by atoms with E-state index >= 15 is 0 Å². The fourth-order valence-electron chi connectivity index (χ4n) is 1.11. The smallest absolute Gasteiger partial charge is 0.303 e. The zero-order valence-corrected chi connectivity index (χ0v) is 9.74. The van der Waals surface area contributed by atoms with Gasteiger partial charge in [-0.3, -0.25) is 4.79 Å². The fraction of sp³-hybridized carbons (Fsp3) is 0.455. The Morgan fingerprint density at radius 1 is 1.38 bits per heavy atom. The first kappa shape index (κ1) is 14.5. The summed E-state index contributed by atoms with van der Waals surface area (Å²) in [4.78, 5) is 14.1. The molecule has 0 aliphatic carbocycles. The van der Waals surface area contributed by atoms with E-state index in [-0.39, 0.29) is 18.8 Å². The number of imidazole rings is 1. The molecule has 0 aliphatic heterocycles. The highest BCUT2D eigenvalue weighted by atomic mass is 35.5. The van der Waals surface area contributed by atoms with Crippen LogP contribution in [0.4, 0.5) is 0 Å². The van der Waals surface area contributed by atoms with Gasteiger partial charge in [0.1, 0.15) is 0 Å². The number of hydrogen-bond donors (Lipinski definition) is 1. The molecule has 4 nitrogen and oxygen atoms in total. The first-order valence-corrected chi connectivity index (χ1v) is 4.92. The second-order valence-corrected chi connectivity index (χ2v) is 3.19. The van der Waals surface area contributed by atoms with Crippen molar-refractivity contribution in [1.82, 2.24) is 9.55 Å². The molecule has 0 unspecified atom stereocenters. The highest BCUT2D eigenvalue weighted by Crippen LogP contribution is 1.98. The van der Waals surface area contributed by atoms with Gasteiger partial charge in [-0.2, -0.15) is 0 Å². The summed E-state index contributed by atoms with van der Waals surface area (Å²) in [7, 11) is 0. The fourth-order valence-corrected chi connectivity index (χ4v) is 1.11. The number of carboxylic acid groups (broad SMARTS) is 1. The molecule has 1 rings (SSSR count). The van der Waals surface area contributed by atoms with E-state index in [1.165, 1.54) is 0 Å². The van der Waals surface area contributed by atoms with E-state index in [4.69, 9.17) is 5.11 Å². The lowest BCUT2D eigenvalue weighted by Gasteiger charge is -1.92. The van der Waals surface area contributed by atoms with Crippen LogP contribution in [0.3, 0.4) is 0 Å². The Labute approximate surface area is 101 Å². The van der Waals surface area contributed by atoms with E-state index in [0.29, 0.717) is 13.0 Å². The molecule has 0 aromatic carbocycles. The van der Waals surface area contributed by atoms with Crippen molar-refractivity contribution in [3.63, 3.8) is 0 Å². The van der Waals surface area contributed by atoms with Crippen molar-refractivity contribution >= 4 is 18.4 Å². The molecule has 0 atom stereocenters. The molecule has 0 radical (unpaired) electrons. The summed E-state index contributed by atoms with van der Waals surface area (Å²) in [6.45, 7) is 0.652. The van der Waals surface area contributed by atoms with Gasteiger partial charge in [0.15, 0.2) is 0 Å².